The van der Waals surface area contributed by atoms with Crippen molar-refractivity contribution in [2.24, 2.45) is 0 Å². The Hall–Kier alpha value is -1.32. The monoisotopic (exact) mass is 261 g/mol. The molecule has 0 aliphatic heterocycles. The number of fused-ring (bicyclic) bond motifs is 1. The number of aryl methyl sites for hydroxylation is 1. The van der Waals surface area contributed by atoms with E-state index in [0.29, 0.717) is 0 Å². The fraction of sp³-hybridized carbons (Fsp3) is 0.500. The van der Waals surface area contributed by atoms with Crippen molar-refractivity contribution in [1.29, 1.82) is 0 Å². The number of hydrogen-bond acceptors (Lipinski definition) is 3. The van der Waals surface area contributed by atoms with Crippen LogP contribution in [0.4, 0.5) is 0 Å². The maximum absolute atomic E-state index is 5.88. The minimum absolute atomic E-state index is 0.844. The molecule has 0 fully saturated rings. The average molecular weight is 261 g/mol. The van der Waals surface area contributed by atoms with Gasteiger partial charge in [0.1, 0.15) is 11.3 Å². The molecule has 0 bridgehead atoms. The van der Waals surface area contributed by atoms with Gasteiger partial charge in [0.25, 0.3) is 0 Å². The van der Waals surface area contributed by atoms with Crippen molar-refractivity contribution in [3.63, 3.8) is 0 Å². The summed E-state index contributed by atoms with van der Waals surface area (Å²) in [5.74, 6) is 1.10. The number of para-hydroxylation sites is 1. The molecule has 104 valence electrons. The molecule has 0 spiro atoms. The lowest BCUT2D eigenvalue weighted by Crippen LogP contribution is -2.15. The molecule has 1 aromatic heterocycles. The van der Waals surface area contributed by atoms with Crippen molar-refractivity contribution in [3.8, 4) is 0 Å². The minimum Gasteiger partial charge on any atom is -0.461 e. The first-order chi connectivity index (χ1) is 9.36. The van der Waals surface area contributed by atoms with E-state index in [0.717, 1.165) is 50.3 Å². The van der Waals surface area contributed by atoms with Crippen molar-refractivity contribution in [3.05, 3.63) is 35.6 Å². The lowest BCUT2D eigenvalue weighted by atomic mass is 10.1. The molecule has 2 rings (SSSR count). The Morgan fingerprint density at radius 1 is 1.21 bits per heavy atom. The summed E-state index contributed by atoms with van der Waals surface area (Å²) in [4.78, 5) is 0. The first kappa shape index (κ1) is 14.1. The summed E-state index contributed by atoms with van der Waals surface area (Å²) >= 11 is 0. The third-order valence-corrected chi connectivity index (χ3v) is 3.36. The molecule has 0 atom stereocenters. The van der Waals surface area contributed by atoms with Gasteiger partial charge in [0, 0.05) is 37.6 Å². The third kappa shape index (κ3) is 3.58. The molecule has 2 aromatic rings. The number of unbranched alkanes of at least 4 members (excludes halogenated alkanes) is 1. The molecular weight excluding hydrogens is 238 g/mol. The molecule has 1 heterocycles. The van der Waals surface area contributed by atoms with Crippen molar-refractivity contribution < 1.29 is 9.15 Å². The van der Waals surface area contributed by atoms with Crippen LogP contribution in [0.1, 0.15) is 31.1 Å². The highest BCUT2D eigenvalue weighted by molar-refractivity contribution is 5.82. The number of ether oxygens (including phenoxy) is 1. The number of benzene rings is 1. The fourth-order valence-electron chi connectivity index (χ4n) is 2.34. The second-order valence-corrected chi connectivity index (χ2v) is 4.73. The second-order valence-electron chi connectivity index (χ2n) is 4.73. The van der Waals surface area contributed by atoms with Crippen LogP contribution < -0.4 is 5.32 Å². The van der Waals surface area contributed by atoms with E-state index in [-0.39, 0.29) is 0 Å². The predicted octanol–water partition coefficient (Wildman–Crippen LogP) is 3.51. The van der Waals surface area contributed by atoms with Crippen molar-refractivity contribution >= 4 is 11.0 Å². The second kappa shape index (κ2) is 7.31. The molecule has 0 aliphatic carbocycles. The first-order valence-electron chi connectivity index (χ1n) is 7.05. The lowest BCUT2D eigenvalue weighted by Gasteiger charge is -2.05. The Labute approximate surface area is 114 Å². The van der Waals surface area contributed by atoms with Gasteiger partial charge in [0.15, 0.2) is 0 Å². The van der Waals surface area contributed by atoms with Gasteiger partial charge in [-0.3, -0.25) is 0 Å². The van der Waals surface area contributed by atoms with Gasteiger partial charge in [0.2, 0.25) is 0 Å². The van der Waals surface area contributed by atoms with Crippen LogP contribution in [-0.4, -0.2) is 20.3 Å². The summed E-state index contributed by atoms with van der Waals surface area (Å²) in [6, 6.07) is 8.27. The molecule has 0 unspecified atom stereocenters. The number of rotatable bonds is 8. The normalized spacial score (nSPS) is 11.3. The number of furan rings is 1. The molecule has 1 N–H and O–H groups in total. The largest absolute Gasteiger partial charge is 0.461 e. The topological polar surface area (TPSA) is 34.4 Å². The highest BCUT2D eigenvalue weighted by atomic mass is 16.5. The Kier molecular flexibility index (Phi) is 5.43. The van der Waals surface area contributed by atoms with Gasteiger partial charge in [-0.25, -0.2) is 0 Å². The van der Waals surface area contributed by atoms with E-state index in [1.54, 1.807) is 7.11 Å². The molecule has 0 saturated heterocycles. The molecule has 19 heavy (non-hydrogen) atoms. The number of hydrogen-bond donors (Lipinski definition) is 1. The third-order valence-electron chi connectivity index (χ3n) is 3.36. The van der Waals surface area contributed by atoms with E-state index in [9.17, 15) is 0 Å². The molecule has 0 saturated carbocycles. The number of nitrogens with one attached hydrogen (secondary N) is 1. The van der Waals surface area contributed by atoms with Crippen molar-refractivity contribution in [1.82, 2.24) is 5.32 Å². The van der Waals surface area contributed by atoms with Gasteiger partial charge >= 0.3 is 0 Å². The maximum atomic E-state index is 5.88. The summed E-state index contributed by atoms with van der Waals surface area (Å²) in [5.41, 5.74) is 2.31. The highest BCUT2D eigenvalue weighted by Gasteiger charge is 2.11. The molecule has 3 heteroatoms. The molecule has 3 nitrogen and oxygen atoms in total. The minimum atomic E-state index is 0.844. The zero-order chi connectivity index (χ0) is 13.5. The average Bonchev–Trinajstić information content (AvgIpc) is 2.81. The van der Waals surface area contributed by atoms with Crippen molar-refractivity contribution in [2.45, 2.75) is 32.7 Å². The van der Waals surface area contributed by atoms with Crippen LogP contribution in [0.2, 0.25) is 0 Å². The zero-order valence-corrected chi connectivity index (χ0v) is 11.9. The maximum Gasteiger partial charge on any atom is 0.134 e. The Morgan fingerprint density at radius 3 is 2.84 bits per heavy atom. The zero-order valence-electron chi connectivity index (χ0n) is 11.9. The predicted molar refractivity (Wildman–Crippen MR) is 78.4 cm³/mol. The summed E-state index contributed by atoms with van der Waals surface area (Å²) in [6.45, 7) is 4.88. The van der Waals surface area contributed by atoms with Gasteiger partial charge in [-0.15, -0.1) is 0 Å². The van der Waals surface area contributed by atoms with Crippen LogP contribution in [0.5, 0.6) is 0 Å². The Balaban J connectivity index is 1.95. The quantitative estimate of drug-likeness (QED) is 0.738. The first-order valence-corrected chi connectivity index (χ1v) is 7.05. The number of methoxy groups -OCH3 is 1. The summed E-state index contributed by atoms with van der Waals surface area (Å²) in [5, 5.41) is 4.74. The lowest BCUT2D eigenvalue weighted by molar-refractivity contribution is 0.192. The van der Waals surface area contributed by atoms with Gasteiger partial charge in [-0.2, -0.15) is 0 Å². The fourth-order valence-corrected chi connectivity index (χ4v) is 2.34. The van der Waals surface area contributed by atoms with Crippen LogP contribution in [-0.2, 0) is 17.7 Å². The van der Waals surface area contributed by atoms with E-state index in [1.165, 1.54) is 10.9 Å². The molecular formula is C16H23NO2. The Morgan fingerprint density at radius 2 is 2.05 bits per heavy atom. The summed E-state index contributed by atoms with van der Waals surface area (Å²) in [6.07, 6.45) is 3.19. The summed E-state index contributed by atoms with van der Waals surface area (Å²) in [7, 11) is 1.75. The Bertz CT molecular complexity index is 504. The van der Waals surface area contributed by atoms with Crippen LogP contribution in [0.15, 0.2) is 28.7 Å². The van der Waals surface area contributed by atoms with Crippen LogP contribution >= 0.6 is 0 Å². The van der Waals surface area contributed by atoms with E-state index in [2.05, 4.69) is 24.4 Å². The van der Waals surface area contributed by atoms with Gasteiger partial charge in [0.05, 0.1) is 0 Å². The van der Waals surface area contributed by atoms with E-state index < -0.39 is 0 Å². The summed E-state index contributed by atoms with van der Waals surface area (Å²) < 4.78 is 10.9. The van der Waals surface area contributed by atoms with Crippen LogP contribution in [0, 0.1) is 0 Å². The molecule has 0 aliphatic rings. The van der Waals surface area contributed by atoms with Crippen LogP contribution in [0.3, 0.4) is 0 Å². The van der Waals surface area contributed by atoms with E-state index in [1.807, 2.05) is 12.1 Å². The van der Waals surface area contributed by atoms with Crippen molar-refractivity contribution in [2.75, 3.05) is 20.3 Å². The SMILES string of the molecule is CCc1oc2ccccc2c1CNCCCCOC. The van der Waals surface area contributed by atoms with Crippen LogP contribution in [0.25, 0.3) is 11.0 Å². The smallest absolute Gasteiger partial charge is 0.134 e. The van der Waals surface area contributed by atoms with Gasteiger partial charge < -0.3 is 14.5 Å². The standard InChI is InChI=1S/C16H23NO2/c1-3-15-14(12-17-10-6-7-11-18-2)13-8-4-5-9-16(13)19-15/h4-5,8-9,17H,3,6-7,10-12H2,1-2H3. The van der Waals surface area contributed by atoms with E-state index >= 15 is 0 Å². The molecule has 0 amide bonds. The van der Waals surface area contributed by atoms with Gasteiger partial charge in [-0.05, 0) is 25.5 Å². The molecule has 1 aromatic carbocycles. The molecule has 0 radical (unpaired) electrons. The highest BCUT2D eigenvalue weighted by Crippen LogP contribution is 2.26. The van der Waals surface area contributed by atoms with E-state index in [4.69, 9.17) is 9.15 Å². The van der Waals surface area contributed by atoms with Gasteiger partial charge in [-0.1, -0.05) is 25.1 Å².